The number of hydrogen-bond acceptors (Lipinski definition) is 4. The van der Waals surface area contributed by atoms with E-state index in [-0.39, 0.29) is 5.91 Å². The molecular formula is C16H17N5O2. The van der Waals surface area contributed by atoms with Gasteiger partial charge in [-0.2, -0.15) is 10.2 Å². The van der Waals surface area contributed by atoms with Gasteiger partial charge in [-0.25, -0.2) is 0 Å². The molecule has 1 amide bonds. The highest BCUT2D eigenvalue weighted by molar-refractivity contribution is 6.03. The van der Waals surface area contributed by atoms with E-state index in [1.807, 2.05) is 38.2 Å². The van der Waals surface area contributed by atoms with Gasteiger partial charge in [-0.1, -0.05) is 0 Å². The van der Waals surface area contributed by atoms with Crippen molar-refractivity contribution in [3.63, 3.8) is 0 Å². The number of aromatic amines is 1. The molecule has 1 aromatic carbocycles. The summed E-state index contributed by atoms with van der Waals surface area (Å²) in [5, 5.41) is 13.9. The molecule has 0 radical (unpaired) electrons. The highest BCUT2D eigenvalue weighted by Gasteiger charge is 2.13. The molecule has 7 nitrogen and oxygen atoms in total. The number of methoxy groups -OCH3 is 1. The first-order valence-corrected chi connectivity index (χ1v) is 7.08. The fourth-order valence-corrected chi connectivity index (χ4v) is 2.16. The van der Waals surface area contributed by atoms with E-state index in [1.165, 1.54) is 0 Å². The molecule has 7 heteroatoms. The van der Waals surface area contributed by atoms with E-state index in [0.717, 1.165) is 17.0 Å². The molecule has 0 atom stereocenters. The highest BCUT2D eigenvalue weighted by atomic mass is 16.5. The summed E-state index contributed by atoms with van der Waals surface area (Å²) in [4.78, 5) is 12.3. The third-order valence-corrected chi connectivity index (χ3v) is 3.69. The SMILES string of the molecule is COc1ccc(-c2cc(C(=O)Nc3cnn(C)c3C)[nH]n2)cc1. The van der Waals surface area contributed by atoms with Crippen LogP contribution in [0.5, 0.6) is 5.75 Å². The number of carbonyl (C=O) groups is 1. The normalized spacial score (nSPS) is 10.6. The second-order valence-electron chi connectivity index (χ2n) is 5.12. The molecule has 0 spiro atoms. The van der Waals surface area contributed by atoms with Crippen LogP contribution in [0.15, 0.2) is 36.5 Å². The van der Waals surface area contributed by atoms with Crippen LogP contribution in [0.3, 0.4) is 0 Å². The Labute approximate surface area is 133 Å². The third kappa shape index (κ3) is 2.94. The van der Waals surface area contributed by atoms with E-state index >= 15 is 0 Å². The van der Waals surface area contributed by atoms with Gasteiger partial charge in [0.1, 0.15) is 11.4 Å². The Morgan fingerprint density at radius 1 is 1.30 bits per heavy atom. The monoisotopic (exact) mass is 311 g/mol. The summed E-state index contributed by atoms with van der Waals surface area (Å²) in [5.41, 5.74) is 3.55. The van der Waals surface area contributed by atoms with Gasteiger partial charge in [0.25, 0.3) is 5.91 Å². The fraction of sp³-hybridized carbons (Fsp3) is 0.188. The lowest BCUT2D eigenvalue weighted by atomic mass is 10.1. The minimum Gasteiger partial charge on any atom is -0.497 e. The first-order valence-electron chi connectivity index (χ1n) is 7.08. The summed E-state index contributed by atoms with van der Waals surface area (Å²) >= 11 is 0. The van der Waals surface area contributed by atoms with Crippen LogP contribution in [-0.4, -0.2) is 33.0 Å². The van der Waals surface area contributed by atoms with Crippen molar-refractivity contribution in [3.8, 4) is 17.0 Å². The largest absolute Gasteiger partial charge is 0.497 e. The standard InChI is InChI=1S/C16H17N5O2/c1-10-15(9-17-21(10)2)18-16(22)14-8-13(19-20-14)11-4-6-12(23-3)7-5-11/h4-9H,1-3H3,(H,18,22)(H,19,20). The number of benzene rings is 1. The van der Waals surface area contributed by atoms with Crippen LogP contribution in [0.4, 0.5) is 5.69 Å². The predicted octanol–water partition coefficient (Wildman–Crippen LogP) is 2.38. The number of aromatic nitrogens is 4. The number of ether oxygens (including phenoxy) is 1. The van der Waals surface area contributed by atoms with E-state index in [9.17, 15) is 4.79 Å². The number of amides is 1. The number of rotatable bonds is 4. The van der Waals surface area contributed by atoms with Crippen molar-refractivity contribution in [1.82, 2.24) is 20.0 Å². The minimum atomic E-state index is -0.256. The van der Waals surface area contributed by atoms with Gasteiger partial charge in [0.2, 0.25) is 0 Å². The molecule has 0 bridgehead atoms. The molecule has 0 aliphatic carbocycles. The van der Waals surface area contributed by atoms with Gasteiger partial charge in [0, 0.05) is 12.6 Å². The molecule has 0 aliphatic heterocycles. The number of hydrogen-bond donors (Lipinski definition) is 2. The van der Waals surface area contributed by atoms with E-state index in [1.54, 1.807) is 24.1 Å². The van der Waals surface area contributed by atoms with Gasteiger partial charge in [0.15, 0.2) is 0 Å². The van der Waals surface area contributed by atoms with Crippen LogP contribution in [0.2, 0.25) is 0 Å². The second-order valence-corrected chi connectivity index (χ2v) is 5.12. The smallest absolute Gasteiger partial charge is 0.273 e. The maximum absolute atomic E-state index is 12.3. The van der Waals surface area contributed by atoms with Crippen molar-refractivity contribution in [2.45, 2.75) is 6.92 Å². The fourth-order valence-electron chi connectivity index (χ4n) is 2.16. The molecule has 3 aromatic rings. The first kappa shape index (κ1) is 14.8. The lowest BCUT2D eigenvalue weighted by molar-refractivity contribution is 0.102. The molecule has 0 fully saturated rings. The quantitative estimate of drug-likeness (QED) is 0.774. The minimum absolute atomic E-state index is 0.256. The van der Waals surface area contributed by atoms with E-state index in [0.29, 0.717) is 17.1 Å². The summed E-state index contributed by atoms with van der Waals surface area (Å²) in [5.74, 6) is 0.516. The van der Waals surface area contributed by atoms with Crippen molar-refractivity contribution < 1.29 is 9.53 Å². The van der Waals surface area contributed by atoms with Crippen molar-refractivity contribution >= 4 is 11.6 Å². The molecule has 118 valence electrons. The summed E-state index contributed by atoms with van der Waals surface area (Å²) in [6, 6.07) is 9.19. The molecule has 2 aromatic heterocycles. The molecule has 2 N–H and O–H groups in total. The van der Waals surface area contributed by atoms with Gasteiger partial charge in [-0.05, 0) is 37.3 Å². The maximum atomic E-state index is 12.3. The maximum Gasteiger partial charge on any atom is 0.273 e. The summed E-state index contributed by atoms with van der Waals surface area (Å²) in [7, 11) is 3.44. The molecular weight excluding hydrogens is 294 g/mol. The van der Waals surface area contributed by atoms with Gasteiger partial charge < -0.3 is 10.1 Å². The van der Waals surface area contributed by atoms with Gasteiger partial charge >= 0.3 is 0 Å². The van der Waals surface area contributed by atoms with E-state index in [4.69, 9.17) is 4.74 Å². The Kier molecular flexibility index (Phi) is 3.84. The average molecular weight is 311 g/mol. The number of H-pyrrole nitrogens is 1. The molecule has 2 heterocycles. The van der Waals surface area contributed by atoms with Crippen molar-refractivity contribution in [1.29, 1.82) is 0 Å². The summed E-state index contributed by atoms with van der Waals surface area (Å²) in [6.45, 7) is 1.89. The Morgan fingerprint density at radius 3 is 2.65 bits per heavy atom. The van der Waals surface area contributed by atoms with Crippen molar-refractivity contribution in [2.75, 3.05) is 12.4 Å². The summed E-state index contributed by atoms with van der Waals surface area (Å²) in [6.07, 6.45) is 1.62. The molecule has 0 saturated heterocycles. The Morgan fingerprint density at radius 2 is 2.04 bits per heavy atom. The van der Waals surface area contributed by atoms with Gasteiger partial charge in [-0.15, -0.1) is 0 Å². The third-order valence-electron chi connectivity index (χ3n) is 3.69. The Balaban J connectivity index is 1.78. The Bertz CT molecular complexity index is 833. The predicted molar refractivity (Wildman–Crippen MR) is 86.5 cm³/mol. The van der Waals surface area contributed by atoms with E-state index < -0.39 is 0 Å². The number of anilines is 1. The van der Waals surface area contributed by atoms with Crippen LogP contribution < -0.4 is 10.1 Å². The topological polar surface area (TPSA) is 84.8 Å². The second kappa shape index (κ2) is 5.96. The summed E-state index contributed by atoms with van der Waals surface area (Å²) < 4.78 is 6.83. The van der Waals surface area contributed by atoms with Crippen LogP contribution in [0, 0.1) is 6.92 Å². The van der Waals surface area contributed by atoms with Gasteiger partial charge in [0.05, 0.1) is 30.4 Å². The zero-order valence-corrected chi connectivity index (χ0v) is 13.1. The van der Waals surface area contributed by atoms with Crippen LogP contribution in [0.1, 0.15) is 16.2 Å². The number of nitrogens with zero attached hydrogens (tertiary/aromatic N) is 3. The lowest BCUT2D eigenvalue weighted by Crippen LogP contribution is -2.12. The number of carbonyl (C=O) groups excluding carboxylic acids is 1. The van der Waals surface area contributed by atoms with Crippen molar-refractivity contribution in [2.24, 2.45) is 7.05 Å². The average Bonchev–Trinajstić information content (AvgIpc) is 3.18. The molecule has 23 heavy (non-hydrogen) atoms. The van der Waals surface area contributed by atoms with E-state index in [2.05, 4.69) is 20.6 Å². The number of aryl methyl sites for hydroxylation is 1. The highest BCUT2D eigenvalue weighted by Crippen LogP contribution is 2.21. The van der Waals surface area contributed by atoms with Crippen molar-refractivity contribution in [3.05, 3.63) is 47.9 Å². The van der Waals surface area contributed by atoms with Crippen LogP contribution >= 0.6 is 0 Å². The number of nitrogens with one attached hydrogen (secondary N) is 2. The zero-order chi connectivity index (χ0) is 16.4. The van der Waals surface area contributed by atoms with Crippen LogP contribution in [0.25, 0.3) is 11.3 Å². The molecule has 0 saturated carbocycles. The van der Waals surface area contributed by atoms with Crippen LogP contribution in [-0.2, 0) is 7.05 Å². The zero-order valence-electron chi connectivity index (χ0n) is 13.1. The molecule has 0 unspecified atom stereocenters. The molecule has 0 aliphatic rings. The lowest BCUT2D eigenvalue weighted by Gasteiger charge is -2.02. The molecule has 3 rings (SSSR count). The first-order chi connectivity index (χ1) is 11.1. The Hall–Kier alpha value is -3.09. The van der Waals surface area contributed by atoms with Gasteiger partial charge in [-0.3, -0.25) is 14.6 Å².